The van der Waals surface area contributed by atoms with Crippen molar-refractivity contribution in [2.45, 2.75) is 92.8 Å². The number of esters is 1. The maximum atomic E-state index is 13.7. The number of fused-ring (bicyclic) bond motifs is 2. The van der Waals surface area contributed by atoms with E-state index in [0.29, 0.717) is 12.8 Å². The van der Waals surface area contributed by atoms with Crippen LogP contribution < -0.4 is 0 Å². The molecule has 0 radical (unpaired) electrons. The third-order valence-corrected chi connectivity index (χ3v) is 13.1. The Hall–Kier alpha value is -1.86. The van der Waals surface area contributed by atoms with Gasteiger partial charge in [-0.1, -0.05) is 47.6 Å². The number of ether oxygens (including phenoxy) is 1. The zero-order chi connectivity index (χ0) is 28.9. The van der Waals surface area contributed by atoms with E-state index in [0.717, 1.165) is 19.3 Å². The van der Waals surface area contributed by atoms with Gasteiger partial charge in [0.25, 0.3) is 0 Å². The summed E-state index contributed by atoms with van der Waals surface area (Å²) in [7, 11) is 0. The lowest BCUT2D eigenvalue weighted by atomic mass is 9.43. The van der Waals surface area contributed by atoms with Gasteiger partial charge in [-0.15, -0.1) is 0 Å². The van der Waals surface area contributed by atoms with Crippen LogP contribution in [-0.4, -0.2) is 52.3 Å². The van der Waals surface area contributed by atoms with Crippen LogP contribution in [0, 0.1) is 63.1 Å². The fourth-order valence-corrected chi connectivity index (χ4v) is 10.6. The topological polar surface area (TPSA) is 118 Å². The van der Waals surface area contributed by atoms with Gasteiger partial charge >= 0.3 is 5.97 Å². The van der Waals surface area contributed by atoms with Crippen LogP contribution in [0.4, 0.5) is 0 Å². The van der Waals surface area contributed by atoms with Gasteiger partial charge < -0.3 is 14.9 Å². The molecule has 13 unspecified atom stereocenters. The maximum absolute atomic E-state index is 13.7. The van der Waals surface area contributed by atoms with E-state index in [1.54, 1.807) is 26.8 Å². The number of ketones is 3. The SMILES string of the molecule is CC(=O)OC1CC2(C)C3CC(O)C4C(C)C(=O)C=CC45CC35CCC2(C)C1C(C)C(=O)C(=O)C(C)C(C)CO. The molecule has 4 saturated carbocycles. The second-order valence-electron chi connectivity index (χ2n) is 14.5. The van der Waals surface area contributed by atoms with E-state index >= 15 is 0 Å². The molecule has 5 rings (SSSR count). The number of rotatable bonds is 7. The van der Waals surface area contributed by atoms with E-state index in [2.05, 4.69) is 19.9 Å². The van der Waals surface area contributed by atoms with Crippen molar-refractivity contribution in [2.24, 2.45) is 63.1 Å². The Labute approximate surface area is 232 Å². The van der Waals surface area contributed by atoms with E-state index in [9.17, 15) is 29.4 Å². The monoisotopic (exact) mass is 542 g/mol. The number of hydrogen-bond donors (Lipinski definition) is 2. The summed E-state index contributed by atoms with van der Waals surface area (Å²) in [5.41, 5.74) is -0.915. The summed E-state index contributed by atoms with van der Waals surface area (Å²) < 4.78 is 5.95. The summed E-state index contributed by atoms with van der Waals surface area (Å²) in [6, 6.07) is 0. The highest BCUT2D eigenvalue weighted by Crippen LogP contribution is 2.87. The molecular weight excluding hydrogens is 496 g/mol. The summed E-state index contributed by atoms with van der Waals surface area (Å²) in [5, 5.41) is 21.1. The molecule has 39 heavy (non-hydrogen) atoms. The first-order chi connectivity index (χ1) is 18.1. The van der Waals surface area contributed by atoms with Gasteiger partial charge in [0.2, 0.25) is 11.6 Å². The molecule has 0 aromatic rings. The quantitative estimate of drug-likeness (QED) is 0.370. The fraction of sp³-hybridized carbons (Fsp3) is 0.812. The van der Waals surface area contributed by atoms with Crippen molar-refractivity contribution in [2.75, 3.05) is 6.61 Å². The van der Waals surface area contributed by atoms with Gasteiger partial charge in [0, 0.05) is 48.5 Å². The highest BCUT2D eigenvalue weighted by molar-refractivity contribution is 6.38. The molecule has 0 saturated heterocycles. The van der Waals surface area contributed by atoms with Crippen LogP contribution in [0.1, 0.15) is 80.6 Å². The third-order valence-electron chi connectivity index (χ3n) is 13.1. The number of hydrogen-bond acceptors (Lipinski definition) is 7. The van der Waals surface area contributed by atoms with E-state index in [-0.39, 0.29) is 63.6 Å². The molecular formula is C32H46O7. The minimum atomic E-state index is -0.641. The highest BCUT2D eigenvalue weighted by atomic mass is 16.5. The van der Waals surface area contributed by atoms with Gasteiger partial charge in [0.1, 0.15) is 6.10 Å². The predicted octanol–water partition coefficient (Wildman–Crippen LogP) is 3.93. The van der Waals surface area contributed by atoms with Crippen molar-refractivity contribution in [3.05, 3.63) is 12.2 Å². The lowest BCUT2D eigenvalue weighted by Gasteiger charge is -2.61. The van der Waals surface area contributed by atoms with Crippen LogP contribution in [0.5, 0.6) is 0 Å². The lowest BCUT2D eigenvalue weighted by molar-refractivity contribution is -0.161. The predicted molar refractivity (Wildman–Crippen MR) is 144 cm³/mol. The molecule has 0 aromatic carbocycles. The Morgan fingerprint density at radius 2 is 1.77 bits per heavy atom. The minimum absolute atomic E-state index is 0.0135. The van der Waals surface area contributed by atoms with E-state index in [1.807, 2.05) is 6.92 Å². The maximum Gasteiger partial charge on any atom is 0.302 e. The lowest BCUT2D eigenvalue weighted by Crippen LogP contribution is -2.58. The van der Waals surface area contributed by atoms with Gasteiger partial charge in [-0.05, 0) is 66.3 Å². The summed E-state index contributed by atoms with van der Waals surface area (Å²) in [6.07, 6.45) is 6.63. The largest absolute Gasteiger partial charge is 0.462 e. The van der Waals surface area contributed by atoms with Crippen molar-refractivity contribution in [3.63, 3.8) is 0 Å². The average molecular weight is 543 g/mol. The van der Waals surface area contributed by atoms with Gasteiger partial charge in [0.15, 0.2) is 5.78 Å². The van der Waals surface area contributed by atoms with Crippen LogP contribution in [0.3, 0.4) is 0 Å². The average Bonchev–Trinajstić information content (AvgIpc) is 3.47. The van der Waals surface area contributed by atoms with Crippen LogP contribution >= 0.6 is 0 Å². The molecule has 13 atom stereocenters. The molecule has 0 amide bonds. The van der Waals surface area contributed by atoms with Crippen molar-refractivity contribution < 1.29 is 34.1 Å². The normalized spacial score (nSPS) is 48.1. The minimum Gasteiger partial charge on any atom is -0.462 e. The zero-order valence-electron chi connectivity index (χ0n) is 24.5. The molecule has 7 nitrogen and oxygen atoms in total. The van der Waals surface area contributed by atoms with Gasteiger partial charge in [-0.2, -0.15) is 0 Å². The van der Waals surface area contributed by atoms with Crippen LogP contribution in [0.25, 0.3) is 0 Å². The Kier molecular flexibility index (Phi) is 6.67. The molecule has 5 aliphatic carbocycles. The number of Topliss-reactive ketones (excluding diaryl/α,β-unsaturated/α-hetero) is 2. The van der Waals surface area contributed by atoms with E-state index < -0.39 is 41.6 Å². The molecule has 0 aromatic heterocycles. The number of aliphatic hydroxyl groups excluding tert-OH is 2. The first kappa shape index (κ1) is 28.7. The first-order valence-corrected chi connectivity index (χ1v) is 14.9. The molecule has 0 aliphatic heterocycles. The summed E-state index contributed by atoms with van der Waals surface area (Å²) >= 11 is 0. The molecule has 7 heteroatoms. The van der Waals surface area contributed by atoms with Gasteiger partial charge in [0.05, 0.1) is 6.10 Å². The Bertz CT molecular complexity index is 1130. The van der Waals surface area contributed by atoms with Crippen LogP contribution in [0.15, 0.2) is 12.2 Å². The van der Waals surface area contributed by atoms with Crippen LogP contribution in [0.2, 0.25) is 0 Å². The van der Waals surface area contributed by atoms with Crippen molar-refractivity contribution in [1.29, 1.82) is 0 Å². The van der Waals surface area contributed by atoms with Crippen molar-refractivity contribution in [3.8, 4) is 0 Å². The second kappa shape index (κ2) is 9.07. The molecule has 2 N–H and O–H groups in total. The number of aliphatic hydroxyl groups is 2. The third kappa shape index (κ3) is 3.60. The number of allylic oxidation sites excluding steroid dienone is 2. The summed E-state index contributed by atoms with van der Waals surface area (Å²) in [6.45, 7) is 12.9. The Morgan fingerprint density at radius 1 is 1.10 bits per heavy atom. The highest BCUT2D eigenvalue weighted by Gasteiger charge is 2.83. The summed E-state index contributed by atoms with van der Waals surface area (Å²) in [4.78, 5) is 51.8. The zero-order valence-corrected chi connectivity index (χ0v) is 24.5. The molecule has 5 aliphatic rings. The second-order valence-corrected chi connectivity index (χ2v) is 14.5. The molecule has 0 bridgehead atoms. The molecule has 216 valence electrons. The smallest absolute Gasteiger partial charge is 0.302 e. The Balaban J connectivity index is 1.53. The fourth-order valence-electron chi connectivity index (χ4n) is 10.6. The van der Waals surface area contributed by atoms with Gasteiger partial charge in [-0.25, -0.2) is 0 Å². The summed E-state index contributed by atoms with van der Waals surface area (Å²) in [5.74, 6) is -3.25. The standard InChI is InChI=1S/C32H46O7/c1-16(14-33)17(2)27(37)28(38)19(4)26-23(39-20(5)34)13-30(7)24-12-22(36)25-18(3)21(35)8-9-32(25)15-31(24,32)11-10-29(26,30)6/h8-9,16-19,22-26,33,36H,10-15H2,1-7H3. The van der Waals surface area contributed by atoms with Crippen molar-refractivity contribution >= 4 is 23.3 Å². The van der Waals surface area contributed by atoms with E-state index in [1.165, 1.54) is 6.92 Å². The molecule has 4 fully saturated rings. The van der Waals surface area contributed by atoms with Crippen molar-refractivity contribution in [1.82, 2.24) is 0 Å². The number of carbonyl (C=O) groups is 4. The number of carbonyl (C=O) groups excluding carboxylic acids is 4. The molecule has 2 spiro atoms. The van der Waals surface area contributed by atoms with Gasteiger partial charge in [-0.3, -0.25) is 19.2 Å². The van der Waals surface area contributed by atoms with E-state index in [4.69, 9.17) is 4.74 Å². The molecule has 0 heterocycles. The van der Waals surface area contributed by atoms with Crippen LogP contribution in [-0.2, 0) is 23.9 Å². The Morgan fingerprint density at radius 3 is 2.38 bits per heavy atom. The first-order valence-electron chi connectivity index (χ1n) is 14.9.